The molecule has 0 aromatic carbocycles. The minimum atomic E-state index is -0.0716. The molecule has 0 fully saturated rings. The van der Waals surface area contributed by atoms with Crippen LogP contribution in [0.3, 0.4) is 0 Å². The van der Waals surface area contributed by atoms with Gasteiger partial charge < -0.3 is 5.73 Å². The zero-order chi connectivity index (χ0) is 18.3. The summed E-state index contributed by atoms with van der Waals surface area (Å²) in [6.45, 7) is 19.3. The molecule has 3 N–H and O–H groups in total. The minimum Gasteiger partial charge on any atom is -0.387 e. The quantitative estimate of drug-likeness (QED) is 0.344. The summed E-state index contributed by atoms with van der Waals surface area (Å²) in [4.78, 5) is 4.84. The van der Waals surface area contributed by atoms with Crippen LogP contribution < -0.4 is 5.73 Å². The SMILES string of the molecule is C=[N+](C(=N)CCC(N)=NC(CC)(CC)C(C)C)C(C)(CC)CC. The van der Waals surface area contributed by atoms with Crippen molar-refractivity contribution in [3.8, 4) is 0 Å². The van der Waals surface area contributed by atoms with E-state index in [4.69, 9.17) is 16.1 Å². The van der Waals surface area contributed by atoms with Gasteiger partial charge in [0.1, 0.15) is 5.54 Å². The highest BCUT2D eigenvalue weighted by Crippen LogP contribution is 2.29. The summed E-state index contributed by atoms with van der Waals surface area (Å²) in [6, 6.07) is 0. The van der Waals surface area contributed by atoms with Gasteiger partial charge in [0.25, 0.3) is 5.84 Å². The molecule has 4 nitrogen and oxygen atoms in total. The lowest BCUT2D eigenvalue weighted by atomic mass is 9.82. The number of nitrogens with two attached hydrogens (primary N) is 1. The lowest BCUT2D eigenvalue weighted by Gasteiger charge is -2.32. The highest BCUT2D eigenvalue weighted by molar-refractivity contribution is 5.85. The third-order valence-electron chi connectivity index (χ3n) is 5.78. The van der Waals surface area contributed by atoms with Gasteiger partial charge in [-0.05, 0) is 38.5 Å². The number of amidine groups is 2. The van der Waals surface area contributed by atoms with E-state index in [1.54, 1.807) is 0 Å². The van der Waals surface area contributed by atoms with E-state index in [9.17, 15) is 0 Å². The summed E-state index contributed by atoms with van der Waals surface area (Å²) in [5.41, 5.74) is 6.06. The molecule has 0 unspecified atom stereocenters. The van der Waals surface area contributed by atoms with Crippen LogP contribution in [0.5, 0.6) is 0 Å². The molecule has 0 aliphatic carbocycles. The molecule has 0 rings (SSSR count). The fraction of sp³-hybridized carbons (Fsp3) is 0.842. The summed E-state index contributed by atoms with van der Waals surface area (Å²) in [6.07, 6.45) is 5.15. The second-order valence-corrected chi connectivity index (χ2v) is 7.15. The third-order valence-corrected chi connectivity index (χ3v) is 5.78. The molecule has 0 saturated carbocycles. The molecular weight excluding hydrogens is 284 g/mol. The maximum atomic E-state index is 8.31. The van der Waals surface area contributed by atoms with E-state index in [0.717, 1.165) is 25.7 Å². The average molecular weight is 324 g/mol. The molecule has 0 spiro atoms. The molecule has 0 aromatic rings. The van der Waals surface area contributed by atoms with Gasteiger partial charge in [0, 0.05) is 6.42 Å². The standard InChI is InChI=1S/C19H39N4/c1-9-18(7,10-2)23(8)17(21)14-13-16(20)22-19(11-3,12-4)15(5)6/h15,21H,8-14H2,1-7H3,(H2,20,22)/q+1. The number of nitrogens with zero attached hydrogens (tertiary/aromatic N) is 2. The number of hydrogen-bond donors (Lipinski definition) is 2. The first-order valence-corrected chi connectivity index (χ1v) is 9.14. The van der Waals surface area contributed by atoms with Gasteiger partial charge in [0.15, 0.2) is 0 Å². The van der Waals surface area contributed by atoms with Crippen molar-refractivity contribution < 1.29 is 4.58 Å². The Balaban J connectivity index is 4.94. The highest BCUT2D eigenvalue weighted by atomic mass is 15.1. The van der Waals surface area contributed by atoms with Gasteiger partial charge in [-0.1, -0.05) is 41.5 Å². The Bertz CT molecular complexity index is 427. The summed E-state index contributed by atoms with van der Waals surface area (Å²) < 4.78 is 1.86. The maximum absolute atomic E-state index is 8.31. The molecule has 0 amide bonds. The van der Waals surface area contributed by atoms with E-state index in [1.807, 2.05) is 4.58 Å². The summed E-state index contributed by atoms with van der Waals surface area (Å²) in [5, 5.41) is 8.31. The van der Waals surface area contributed by atoms with Gasteiger partial charge in [0.05, 0.1) is 24.5 Å². The summed E-state index contributed by atoms with van der Waals surface area (Å²) >= 11 is 0. The fourth-order valence-electron chi connectivity index (χ4n) is 3.03. The van der Waals surface area contributed by atoms with Gasteiger partial charge in [-0.15, -0.1) is 5.41 Å². The van der Waals surface area contributed by atoms with Crippen LogP contribution >= 0.6 is 0 Å². The molecule has 0 aliphatic rings. The van der Waals surface area contributed by atoms with Crippen molar-refractivity contribution in [2.45, 2.75) is 98.1 Å². The van der Waals surface area contributed by atoms with Crippen LogP contribution in [0.1, 0.15) is 87.0 Å². The number of nitrogens with one attached hydrogen (secondary N) is 1. The maximum Gasteiger partial charge on any atom is 0.289 e. The third kappa shape index (κ3) is 5.43. The van der Waals surface area contributed by atoms with Crippen molar-refractivity contribution in [3.63, 3.8) is 0 Å². The molecule has 23 heavy (non-hydrogen) atoms. The zero-order valence-corrected chi connectivity index (χ0v) is 16.5. The van der Waals surface area contributed by atoms with Gasteiger partial charge in [-0.3, -0.25) is 4.99 Å². The molecule has 0 aromatic heterocycles. The topological polar surface area (TPSA) is 65.2 Å². The molecule has 0 radical (unpaired) electrons. The van der Waals surface area contributed by atoms with Crippen LogP contribution in [0.15, 0.2) is 4.99 Å². The van der Waals surface area contributed by atoms with Gasteiger partial charge in [-0.2, -0.15) is 0 Å². The molecule has 0 saturated heterocycles. The Morgan fingerprint density at radius 3 is 1.91 bits per heavy atom. The first-order valence-electron chi connectivity index (χ1n) is 9.14. The highest BCUT2D eigenvalue weighted by Gasteiger charge is 2.31. The van der Waals surface area contributed by atoms with Gasteiger partial charge in [0.2, 0.25) is 0 Å². The van der Waals surface area contributed by atoms with E-state index in [-0.39, 0.29) is 11.1 Å². The fourth-order valence-corrected chi connectivity index (χ4v) is 3.03. The molecule has 0 bridgehead atoms. The Morgan fingerprint density at radius 2 is 1.57 bits per heavy atom. The zero-order valence-electron chi connectivity index (χ0n) is 16.5. The predicted molar refractivity (Wildman–Crippen MR) is 103 cm³/mol. The summed E-state index contributed by atoms with van der Waals surface area (Å²) in [5.74, 6) is 1.66. The van der Waals surface area contributed by atoms with E-state index in [2.05, 4.69) is 55.2 Å². The summed E-state index contributed by atoms with van der Waals surface area (Å²) in [7, 11) is 0. The normalized spacial score (nSPS) is 13.5. The molecule has 0 atom stereocenters. The second kappa shape index (κ2) is 9.19. The van der Waals surface area contributed by atoms with Crippen molar-refractivity contribution >= 4 is 18.4 Å². The van der Waals surface area contributed by atoms with Crippen LogP contribution in [-0.4, -0.2) is 34.0 Å². The van der Waals surface area contributed by atoms with Crippen molar-refractivity contribution in [3.05, 3.63) is 0 Å². The molecule has 0 heterocycles. The average Bonchev–Trinajstić information content (AvgIpc) is 2.55. The molecule has 0 aliphatic heterocycles. The van der Waals surface area contributed by atoms with Crippen LogP contribution in [-0.2, 0) is 0 Å². The van der Waals surface area contributed by atoms with Crippen LogP contribution in [0.2, 0.25) is 0 Å². The van der Waals surface area contributed by atoms with Gasteiger partial charge >= 0.3 is 0 Å². The first kappa shape index (κ1) is 21.8. The van der Waals surface area contributed by atoms with Crippen molar-refractivity contribution in [2.75, 3.05) is 0 Å². The Kier molecular flexibility index (Phi) is 8.71. The minimum absolute atomic E-state index is 0.0580. The van der Waals surface area contributed by atoms with Crippen LogP contribution in [0, 0.1) is 11.3 Å². The van der Waals surface area contributed by atoms with E-state index < -0.39 is 0 Å². The number of aliphatic imine (C=N–C) groups is 1. The van der Waals surface area contributed by atoms with Crippen LogP contribution in [0.25, 0.3) is 0 Å². The van der Waals surface area contributed by atoms with E-state index in [1.165, 1.54) is 0 Å². The Morgan fingerprint density at radius 1 is 1.09 bits per heavy atom. The Labute approximate surface area is 143 Å². The number of rotatable bonds is 10. The van der Waals surface area contributed by atoms with Crippen molar-refractivity contribution in [1.29, 1.82) is 5.41 Å². The second-order valence-electron chi connectivity index (χ2n) is 7.15. The van der Waals surface area contributed by atoms with E-state index in [0.29, 0.717) is 30.4 Å². The monoisotopic (exact) mass is 323 g/mol. The van der Waals surface area contributed by atoms with E-state index >= 15 is 0 Å². The molecular formula is C19H39N4+. The smallest absolute Gasteiger partial charge is 0.289 e. The van der Waals surface area contributed by atoms with Crippen LogP contribution in [0.4, 0.5) is 0 Å². The van der Waals surface area contributed by atoms with Gasteiger partial charge in [-0.25, -0.2) is 4.58 Å². The lowest BCUT2D eigenvalue weighted by Crippen LogP contribution is -2.41. The predicted octanol–water partition coefficient (Wildman–Crippen LogP) is 4.61. The number of hydrogen-bond acceptors (Lipinski definition) is 2. The molecule has 4 heteroatoms. The first-order chi connectivity index (χ1) is 10.6. The molecule has 134 valence electrons. The van der Waals surface area contributed by atoms with Crippen molar-refractivity contribution in [1.82, 2.24) is 0 Å². The van der Waals surface area contributed by atoms with Crippen molar-refractivity contribution in [2.24, 2.45) is 16.6 Å². The largest absolute Gasteiger partial charge is 0.387 e. The Hall–Kier alpha value is -1.19. The lowest BCUT2D eigenvalue weighted by molar-refractivity contribution is -0.499.